The van der Waals surface area contributed by atoms with Crippen LogP contribution in [-0.2, 0) is 4.79 Å². The Kier molecular flexibility index (Phi) is 7.97. The maximum atomic E-state index is 12.6. The molecule has 0 bridgehead atoms. The summed E-state index contributed by atoms with van der Waals surface area (Å²) in [4.78, 5) is 21.2. The molecule has 0 radical (unpaired) electrons. The summed E-state index contributed by atoms with van der Waals surface area (Å²) in [5.41, 5.74) is 0. The van der Waals surface area contributed by atoms with E-state index >= 15 is 0 Å². The molecule has 2 aliphatic heterocycles. The van der Waals surface area contributed by atoms with Gasteiger partial charge in [0.05, 0.1) is 6.17 Å². The molecule has 7 nitrogen and oxygen atoms in total. The second kappa shape index (κ2) is 11.1. The highest BCUT2D eigenvalue weighted by atomic mass is 32.1. The summed E-state index contributed by atoms with van der Waals surface area (Å²) in [7, 11) is 0. The van der Waals surface area contributed by atoms with Gasteiger partial charge in [0.1, 0.15) is 5.82 Å². The summed E-state index contributed by atoms with van der Waals surface area (Å²) in [6.07, 6.45) is 11.0. The number of rotatable bonds is 8. The van der Waals surface area contributed by atoms with E-state index in [0.29, 0.717) is 24.3 Å². The number of nitrogens with zero attached hydrogens (tertiary/aromatic N) is 3. The predicted octanol–water partition coefficient (Wildman–Crippen LogP) is 2.24. The van der Waals surface area contributed by atoms with Gasteiger partial charge in [-0.2, -0.15) is 0 Å². The first-order valence-electron chi connectivity index (χ1n) is 11.9. The quantitative estimate of drug-likeness (QED) is 0.420. The zero-order valence-corrected chi connectivity index (χ0v) is 19.2. The number of nitrogens with one attached hydrogen (secondary N) is 3. The normalized spacial score (nSPS) is 26.1. The van der Waals surface area contributed by atoms with E-state index in [-0.39, 0.29) is 6.17 Å². The highest BCUT2D eigenvalue weighted by molar-refractivity contribution is 7.80. The van der Waals surface area contributed by atoms with Crippen molar-refractivity contribution < 1.29 is 4.79 Å². The maximum Gasteiger partial charge on any atom is 0.222 e. The Bertz CT molecular complexity index is 724. The summed E-state index contributed by atoms with van der Waals surface area (Å²) in [6, 6.07) is 6.50. The molecule has 1 aromatic heterocycles. The van der Waals surface area contributed by atoms with Crippen LogP contribution in [0.5, 0.6) is 0 Å². The third-order valence-corrected chi connectivity index (χ3v) is 7.12. The average molecular weight is 445 g/mol. The number of anilines is 1. The Morgan fingerprint density at radius 1 is 1.10 bits per heavy atom. The van der Waals surface area contributed by atoms with Crippen LogP contribution in [-0.4, -0.2) is 65.8 Å². The summed E-state index contributed by atoms with van der Waals surface area (Å²) in [5.74, 6) is 1.92. The van der Waals surface area contributed by atoms with Crippen LogP contribution in [0.1, 0.15) is 51.4 Å². The van der Waals surface area contributed by atoms with Crippen LogP contribution in [0.15, 0.2) is 24.4 Å². The zero-order chi connectivity index (χ0) is 21.5. The van der Waals surface area contributed by atoms with Crippen molar-refractivity contribution in [1.82, 2.24) is 25.8 Å². The number of fused-ring (bicyclic) bond motifs is 1. The monoisotopic (exact) mass is 444 g/mol. The van der Waals surface area contributed by atoms with Gasteiger partial charge in [0, 0.05) is 50.8 Å². The minimum atomic E-state index is 0.288. The third-order valence-electron chi connectivity index (χ3n) is 6.89. The molecule has 1 saturated carbocycles. The zero-order valence-electron chi connectivity index (χ0n) is 18.4. The smallest absolute Gasteiger partial charge is 0.222 e. The van der Waals surface area contributed by atoms with E-state index in [2.05, 4.69) is 25.8 Å². The Labute approximate surface area is 191 Å². The van der Waals surface area contributed by atoms with Crippen molar-refractivity contribution in [2.75, 3.05) is 37.6 Å². The topological polar surface area (TPSA) is 72.5 Å². The maximum absolute atomic E-state index is 12.6. The molecule has 3 fully saturated rings. The Balaban J connectivity index is 1.09. The lowest BCUT2D eigenvalue weighted by molar-refractivity contribution is -0.131. The number of amides is 1. The Morgan fingerprint density at radius 3 is 2.74 bits per heavy atom. The van der Waals surface area contributed by atoms with Crippen LogP contribution in [0.3, 0.4) is 0 Å². The summed E-state index contributed by atoms with van der Waals surface area (Å²) in [6.45, 7) is 4.28. The van der Waals surface area contributed by atoms with Crippen LogP contribution in [0, 0.1) is 5.92 Å². The van der Waals surface area contributed by atoms with Crippen LogP contribution in [0.4, 0.5) is 5.82 Å². The number of unbranched alkanes of at least 4 members (excludes halogenated alkanes) is 2. The number of pyridine rings is 1. The fourth-order valence-corrected chi connectivity index (χ4v) is 5.40. The van der Waals surface area contributed by atoms with E-state index < -0.39 is 0 Å². The summed E-state index contributed by atoms with van der Waals surface area (Å²) >= 11 is 5.39. The molecule has 3 heterocycles. The Hall–Kier alpha value is -1.93. The average Bonchev–Trinajstić information content (AvgIpc) is 2.81. The number of hydrogen-bond acceptors (Lipinski definition) is 5. The van der Waals surface area contributed by atoms with Crippen molar-refractivity contribution in [3.05, 3.63) is 24.4 Å². The fourth-order valence-electron chi connectivity index (χ4n) is 5.12. The molecule has 3 atom stereocenters. The van der Waals surface area contributed by atoms with Crippen molar-refractivity contribution in [2.24, 2.45) is 5.92 Å². The largest absolute Gasteiger partial charge is 0.360 e. The number of piperazine rings is 1. The molecule has 3 unspecified atom stereocenters. The second-order valence-corrected chi connectivity index (χ2v) is 9.38. The van der Waals surface area contributed by atoms with Crippen molar-refractivity contribution in [3.8, 4) is 0 Å². The minimum Gasteiger partial charge on any atom is -0.360 e. The van der Waals surface area contributed by atoms with Crippen LogP contribution in [0.25, 0.3) is 0 Å². The number of carbonyl (C=O) groups excluding carboxylic acids is 1. The van der Waals surface area contributed by atoms with Gasteiger partial charge in [-0.3, -0.25) is 10.1 Å². The standard InChI is InChI=1S/C23H36N6OS/c30-21(29-16-14-28(15-17-29)20-10-5-7-12-24-20)11-2-1-6-13-25-22-18-8-3-4-9-19(18)26-23(31)27-22/h5,7,10,12,18-19,22,25H,1-4,6,8-9,11,13-17H2,(H2,26,27,31). The first-order valence-corrected chi connectivity index (χ1v) is 12.4. The van der Waals surface area contributed by atoms with Gasteiger partial charge < -0.3 is 20.4 Å². The summed E-state index contributed by atoms with van der Waals surface area (Å²) < 4.78 is 0. The summed E-state index contributed by atoms with van der Waals surface area (Å²) in [5, 5.41) is 11.3. The Morgan fingerprint density at radius 2 is 1.94 bits per heavy atom. The number of hydrogen-bond donors (Lipinski definition) is 3. The molecule has 1 aliphatic carbocycles. The van der Waals surface area contributed by atoms with E-state index in [9.17, 15) is 4.79 Å². The molecule has 8 heteroatoms. The van der Waals surface area contributed by atoms with E-state index in [1.165, 1.54) is 25.7 Å². The SMILES string of the molecule is O=C(CCCCCNC1NC(=S)NC2CCCCC21)N1CCN(c2ccccn2)CC1. The lowest BCUT2D eigenvalue weighted by Crippen LogP contribution is -2.65. The fraction of sp³-hybridized carbons (Fsp3) is 0.696. The first-order chi connectivity index (χ1) is 15.2. The number of carbonyl (C=O) groups is 1. The highest BCUT2D eigenvalue weighted by Gasteiger charge is 2.36. The molecule has 3 N–H and O–H groups in total. The predicted molar refractivity (Wildman–Crippen MR) is 128 cm³/mol. The lowest BCUT2D eigenvalue weighted by atomic mass is 9.81. The van der Waals surface area contributed by atoms with Crippen LogP contribution < -0.4 is 20.9 Å². The van der Waals surface area contributed by atoms with Gasteiger partial charge in [0.15, 0.2) is 5.11 Å². The van der Waals surface area contributed by atoms with E-state index in [4.69, 9.17) is 12.2 Å². The van der Waals surface area contributed by atoms with Crippen molar-refractivity contribution in [1.29, 1.82) is 0 Å². The molecule has 1 aromatic rings. The lowest BCUT2D eigenvalue weighted by Gasteiger charge is -2.43. The van der Waals surface area contributed by atoms with Gasteiger partial charge in [-0.15, -0.1) is 0 Å². The molecule has 0 aromatic carbocycles. The number of thiocarbonyl (C=S) groups is 1. The molecule has 2 saturated heterocycles. The van der Waals surface area contributed by atoms with E-state index in [0.717, 1.165) is 62.9 Å². The molecule has 0 spiro atoms. The van der Waals surface area contributed by atoms with Gasteiger partial charge in [-0.25, -0.2) is 4.98 Å². The number of aromatic nitrogens is 1. The van der Waals surface area contributed by atoms with Crippen molar-refractivity contribution in [3.63, 3.8) is 0 Å². The first kappa shape index (κ1) is 22.3. The minimum absolute atomic E-state index is 0.288. The van der Waals surface area contributed by atoms with Crippen LogP contribution in [0.2, 0.25) is 0 Å². The van der Waals surface area contributed by atoms with Gasteiger partial charge in [-0.05, 0) is 56.6 Å². The van der Waals surface area contributed by atoms with Gasteiger partial charge in [0.25, 0.3) is 0 Å². The van der Waals surface area contributed by atoms with Crippen molar-refractivity contribution >= 4 is 29.1 Å². The third kappa shape index (κ3) is 6.07. The molecule has 4 rings (SSSR count). The molecular formula is C23H36N6OS. The second-order valence-electron chi connectivity index (χ2n) is 8.97. The molecule has 31 heavy (non-hydrogen) atoms. The van der Waals surface area contributed by atoms with E-state index in [1.54, 1.807) is 0 Å². The van der Waals surface area contributed by atoms with Gasteiger partial charge >= 0.3 is 0 Å². The van der Waals surface area contributed by atoms with Gasteiger partial charge in [-0.1, -0.05) is 25.3 Å². The van der Waals surface area contributed by atoms with Gasteiger partial charge in [0.2, 0.25) is 5.91 Å². The van der Waals surface area contributed by atoms with Crippen molar-refractivity contribution in [2.45, 2.75) is 63.6 Å². The molecule has 170 valence electrons. The molecule has 1 amide bonds. The molecule has 3 aliphatic rings. The highest BCUT2D eigenvalue weighted by Crippen LogP contribution is 2.28. The van der Waals surface area contributed by atoms with E-state index in [1.807, 2.05) is 29.3 Å². The molecular weight excluding hydrogens is 408 g/mol. The van der Waals surface area contributed by atoms with Crippen LogP contribution >= 0.6 is 12.2 Å².